The standard InChI is InChI=1S/C12H21NO5/c1-5-17-8-6-9(13(7-8)11(15)16)10(14)18-12(2,3)4/h8-9H,5-7H2,1-4H3,(H,15,16)/t8-,9-/m1/s1. The van der Waals surface area contributed by atoms with E-state index in [2.05, 4.69) is 0 Å². The molecule has 0 aromatic heterocycles. The highest BCUT2D eigenvalue weighted by atomic mass is 16.6. The van der Waals surface area contributed by atoms with Gasteiger partial charge in [0.15, 0.2) is 0 Å². The predicted molar refractivity (Wildman–Crippen MR) is 64.4 cm³/mol. The van der Waals surface area contributed by atoms with E-state index < -0.39 is 23.7 Å². The molecule has 0 spiro atoms. The fraction of sp³-hybridized carbons (Fsp3) is 0.833. The van der Waals surface area contributed by atoms with Gasteiger partial charge in [0, 0.05) is 13.0 Å². The van der Waals surface area contributed by atoms with Gasteiger partial charge in [0.05, 0.1) is 12.6 Å². The van der Waals surface area contributed by atoms with Crippen molar-refractivity contribution in [1.29, 1.82) is 0 Å². The van der Waals surface area contributed by atoms with Gasteiger partial charge in [-0.05, 0) is 27.7 Å². The summed E-state index contributed by atoms with van der Waals surface area (Å²) in [5.41, 5.74) is -0.620. The fourth-order valence-corrected chi connectivity index (χ4v) is 1.96. The Morgan fingerprint density at radius 2 is 2.00 bits per heavy atom. The van der Waals surface area contributed by atoms with Crippen molar-refractivity contribution in [3.63, 3.8) is 0 Å². The van der Waals surface area contributed by atoms with Crippen molar-refractivity contribution in [2.45, 2.75) is 51.9 Å². The maximum atomic E-state index is 11.9. The zero-order valence-electron chi connectivity index (χ0n) is 11.3. The van der Waals surface area contributed by atoms with Gasteiger partial charge in [0.25, 0.3) is 0 Å². The quantitative estimate of drug-likeness (QED) is 0.777. The zero-order valence-corrected chi connectivity index (χ0v) is 11.3. The second kappa shape index (κ2) is 5.56. The van der Waals surface area contributed by atoms with Crippen LogP contribution < -0.4 is 0 Å². The van der Waals surface area contributed by atoms with Crippen molar-refractivity contribution < 1.29 is 24.2 Å². The molecule has 2 atom stereocenters. The minimum absolute atomic E-state index is 0.215. The van der Waals surface area contributed by atoms with E-state index in [4.69, 9.17) is 14.6 Å². The van der Waals surface area contributed by atoms with E-state index in [1.165, 1.54) is 0 Å². The summed E-state index contributed by atoms with van der Waals surface area (Å²) in [6, 6.07) is -0.765. The van der Waals surface area contributed by atoms with Crippen molar-refractivity contribution in [3.8, 4) is 0 Å². The SMILES string of the molecule is CCO[C@@H]1C[C@H](C(=O)OC(C)(C)C)N(C(=O)O)C1. The third-order valence-electron chi connectivity index (χ3n) is 2.59. The molecule has 104 valence electrons. The fourth-order valence-electron chi connectivity index (χ4n) is 1.96. The molecule has 0 bridgehead atoms. The summed E-state index contributed by atoms with van der Waals surface area (Å²) in [5.74, 6) is -0.507. The van der Waals surface area contributed by atoms with Crippen LogP contribution in [-0.2, 0) is 14.3 Å². The summed E-state index contributed by atoms with van der Waals surface area (Å²) in [6.45, 7) is 7.82. The topological polar surface area (TPSA) is 76.1 Å². The number of rotatable bonds is 3. The third kappa shape index (κ3) is 3.87. The molecule has 1 heterocycles. The van der Waals surface area contributed by atoms with Gasteiger partial charge in [-0.15, -0.1) is 0 Å². The van der Waals surface area contributed by atoms with E-state index in [9.17, 15) is 9.59 Å². The lowest BCUT2D eigenvalue weighted by molar-refractivity contribution is -0.159. The number of amides is 1. The number of carbonyl (C=O) groups excluding carboxylic acids is 1. The molecule has 0 aromatic carbocycles. The minimum atomic E-state index is -1.12. The van der Waals surface area contributed by atoms with Crippen LogP contribution in [0.4, 0.5) is 4.79 Å². The van der Waals surface area contributed by atoms with Crippen LogP contribution in [0.25, 0.3) is 0 Å². The summed E-state index contributed by atoms with van der Waals surface area (Å²) in [4.78, 5) is 24.1. The van der Waals surface area contributed by atoms with Crippen molar-refractivity contribution >= 4 is 12.1 Å². The molecule has 0 saturated carbocycles. The van der Waals surface area contributed by atoms with E-state index in [1.54, 1.807) is 20.8 Å². The maximum absolute atomic E-state index is 11.9. The Balaban J connectivity index is 2.72. The van der Waals surface area contributed by atoms with Crippen LogP contribution in [0.15, 0.2) is 0 Å². The number of hydrogen-bond acceptors (Lipinski definition) is 4. The second-order valence-corrected chi connectivity index (χ2v) is 5.30. The first-order valence-electron chi connectivity index (χ1n) is 6.08. The molecule has 1 fully saturated rings. The molecule has 1 aliphatic heterocycles. The van der Waals surface area contributed by atoms with Crippen LogP contribution in [-0.4, -0.2) is 53.0 Å². The van der Waals surface area contributed by atoms with Crippen LogP contribution in [0.2, 0.25) is 0 Å². The largest absolute Gasteiger partial charge is 0.465 e. The Kier molecular flexibility index (Phi) is 4.56. The van der Waals surface area contributed by atoms with E-state index in [0.717, 1.165) is 4.90 Å². The number of carbonyl (C=O) groups is 2. The van der Waals surface area contributed by atoms with Gasteiger partial charge in [-0.1, -0.05) is 0 Å². The molecule has 0 radical (unpaired) electrons. The summed E-state index contributed by atoms with van der Waals surface area (Å²) in [6.07, 6.45) is -0.994. The Hall–Kier alpha value is -1.30. The third-order valence-corrected chi connectivity index (χ3v) is 2.59. The average Bonchev–Trinajstić information content (AvgIpc) is 2.59. The number of hydrogen-bond donors (Lipinski definition) is 1. The van der Waals surface area contributed by atoms with Gasteiger partial charge >= 0.3 is 12.1 Å². The normalized spacial score (nSPS) is 24.1. The molecule has 1 aliphatic rings. The van der Waals surface area contributed by atoms with Gasteiger partial charge in [-0.2, -0.15) is 0 Å². The Bertz CT molecular complexity index is 323. The van der Waals surface area contributed by atoms with Crippen molar-refractivity contribution in [2.75, 3.05) is 13.2 Å². The molecule has 1 rings (SSSR count). The summed E-state index contributed by atoms with van der Waals surface area (Å²) in [5, 5.41) is 9.08. The van der Waals surface area contributed by atoms with E-state index in [1.807, 2.05) is 6.92 Å². The maximum Gasteiger partial charge on any atom is 0.408 e. The predicted octanol–water partition coefficient (Wildman–Crippen LogP) is 1.49. The smallest absolute Gasteiger partial charge is 0.408 e. The monoisotopic (exact) mass is 259 g/mol. The number of esters is 1. The van der Waals surface area contributed by atoms with Crippen LogP contribution in [0.5, 0.6) is 0 Å². The van der Waals surface area contributed by atoms with Gasteiger partial charge in [-0.25, -0.2) is 9.59 Å². The lowest BCUT2D eigenvalue weighted by Gasteiger charge is -2.25. The lowest BCUT2D eigenvalue weighted by Crippen LogP contribution is -2.43. The summed E-state index contributed by atoms with van der Waals surface area (Å²) in [7, 11) is 0. The Morgan fingerprint density at radius 3 is 2.44 bits per heavy atom. The highest BCUT2D eigenvalue weighted by molar-refractivity contribution is 5.82. The summed E-state index contributed by atoms with van der Waals surface area (Å²) >= 11 is 0. The molecule has 0 unspecified atom stereocenters. The van der Waals surface area contributed by atoms with Gasteiger partial charge in [0.2, 0.25) is 0 Å². The average molecular weight is 259 g/mol. The van der Waals surface area contributed by atoms with Crippen molar-refractivity contribution in [1.82, 2.24) is 4.90 Å². The lowest BCUT2D eigenvalue weighted by atomic mass is 10.1. The first-order valence-corrected chi connectivity index (χ1v) is 6.08. The van der Waals surface area contributed by atoms with E-state index >= 15 is 0 Å². The number of ether oxygens (including phenoxy) is 2. The number of nitrogens with zero attached hydrogens (tertiary/aromatic N) is 1. The van der Waals surface area contributed by atoms with Gasteiger partial charge in [0.1, 0.15) is 11.6 Å². The highest BCUT2D eigenvalue weighted by Crippen LogP contribution is 2.23. The molecule has 0 aromatic rings. The van der Waals surface area contributed by atoms with Crippen LogP contribution in [0.3, 0.4) is 0 Å². The first-order chi connectivity index (χ1) is 8.24. The molecule has 6 nitrogen and oxygen atoms in total. The summed E-state index contributed by atoms with van der Waals surface area (Å²) < 4.78 is 10.6. The van der Waals surface area contributed by atoms with Crippen LogP contribution in [0, 0.1) is 0 Å². The van der Waals surface area contributed by atoms with Crippen LogP contribution in [0.1, 0.15) is 34.1 Å². The second-order valence-electron chi connectivity index (χ2n) is 5.30. The molecular weight excluding hydrogens is 238 g/mol. The molecule has 6 heteroatoms. The Labute approximate surface area is 107 Å². The molecule has 1 saturated heterocycles. The minimum Gasteiger partial charge on any atom is -0.465 e. The van der Waals surface area contributed by atoms with Crippen molar-refractivity contribution in [3.05, 3.63) is 0 Å². The first kappa shape index (κ1) is 14.8. The molecule has 1 N–H and O–H groups in total. The van der Waals surface area contributed by atoms with E-state index in [0.29, 0.717) is 13.0 Å². The molecule has 0 aliphatic carbocycles. The molecular formula is C12H21NO5. The van der Waals surface area contributed by atoms with Gasteiger partial charge < -0.3 is 14.6 Å². The number of carboxylic acid groups (broad SMARTS) is 1. The van der Waals surface area contributed by atoms with Crippen molar-refractivity contribution in [2.24, 2.45) is 0 Å². The zero-order chi connectivity index (χ0) is 13.9. The van der Waals surface area contributed by atoms with Gasteiger partial charge in [-0.3, -0.25) is 4.90 Å². The Morgan fingerprint density at radius 1 is 1.39 bits per heavy atom. The number of likely N-dealkylation sites (tertiary alicyclic amines) is 1. The molecule has 1 amide bonds. The van der Waals surface area contributed by atoms with Crippen LogP contribution >= 0.6 is 0 Å². The highest BCUT2D eigenvalue weighted by Gasteiger charge is 2.42. The van der Waals surface area contributed by atoms with E-state index in [-0.39, 0.29) is 12.6 Å². The molecule has 18 heavy (non-hydrogen) atoms.